The van der Waals surface area contributed by atoms with E-state index in [0.29, 0.717) is 16.5 Å². The predicted octanol–water partition coefficient (Wildman–Crippen LogP) is 3.12. The highest BCUT2D eigenvalue weighted by atomic mass is 35.5. The third kappa shape index (κ3) is 1.99. The number of nitrogens with one attached hydrogen (secondary N) is 2. The van der Waals surface area contributed by atoms with E-state index < -0.39 is 0 Å². The van der Waals surface area contributed by atoms with Gasteiger partial charge in [0.05, 0.1) is 12.2 Å². The number of fused-ring (bicyclic) bond motifs is 1. The van der Waals surface area contributed by atoms with Crippen LogP contribution in [0.1, 0.15) is 5.69 Å². The molecule has 0 saturated carbocycles. The molecule has 0 spiro atoms. The van der Waals surface area contributed by atoms with E-state index in [0.717, 1.165) is 16.7 Å². The van der Waals surface area contributed by atoms with Crippen molar-refractivity contribution in [3.05, 3.63) is 46.2 Å². The lowest BCUT2D eigenvalue weighted by Gasteiger charge is -2.02. The summed E-state index contributed by atoms with van der Waals surface area (Å²) in [5.74, 6) is 0. The first-order chi connectivity index (χ1) is 8.22. The number of hydrogen-bond donors (Lipinski definition) is 2. The van der Waals surface area contributed by atoms with Crippen molar-refractivity contribution in [1.29, 1.82) is 0 Å². The van der Waals surface area contributed by atoms with Crippen LogP contribution in [0.15, 0.2) is 30.6 Å². The van der Waals surface area contributed by atoms with Crippen molar-refractivity contribution in [1.82, 2.24) is 19.5 Å². The Bertz CT molecular complexity index is 724. The first kappa shape index (κ1) is 10.6. The first-order valence-corrected chi connectivity index (χ1v) is 5.89. The number of aromatic nitrogens is 4. The Labute approximate surface area is 107 Å². The Hall–Kier alpha value is -1.59. The van der Waals surface area contributed by atoms with Gasteiger partial charge in [0.1, 0.15) is 10.8 Å². The summed E-state index contributed by atoms with van der Waals surface area (Å²) in [5, 5.41) is 1.57. The van der Waals surface area contributed by atoms with Crippen LogP contribution in [0.5, 0.6) is 0 Å². The molecule has 17 heavy (non-hydrogen) atoms. The van der Waals surface area contributed by atoms with Crippen molar-refractivity contribution < 1.29 is 0 Å². The third-order valence-electron chi connectivity index (χ3n) is 2.57. The summed E-state index contributed by atoms with van der Waals surface area (Å²) in [5.41, 5.74) is 1.88. The molecule has 6 heteroatoms. The van der Waals surface area contributed by atoms with E-state index in [-0.39, 0.29) is 0 Å². The highest BCUT2D eigenvalue weighted by molar-refractivity contribution is 7.71. The maximum absolute atomic E-state index is 5.90. The molecule has 0 aliphatic rings. The summed E-state index contributed by atoms with van der Waals surface area (Å²) >= 11 is 10.9. The molecule has 4 nitrogen and oxygen atoms in total. The van der Waals surface area contributed by atoms with Crippen molar-refractivity contribution in [2.45, 2.75) is 6.54 Å². The van der Waals surface area contributed by atoms with Crippen LogP contribution in [0.2, 0.25) is 5.15 Å². The average molecular weight is 265 g/mol. The molecule has 86 valence electrons. The van der Waals surface area contributed by atoms with Gasteiger partial charge in [-0.05, 0) is 30.4 Å². The molecular formula is C11H9ClN4S. The fourth-order valence-electron chi connectivity index (χ4n) is 1.80. The van der Waals surface area contributed by atoms with E-state index in [9.17, 15) is 0 Å². The van der Waals surface area contributed by atoms with Crippen LogP contribution in [0.25, 0.3) is 11.0 Å². The largest absolute Gasteiger partial charge is 0.337 e. The van der Waals surface area contributed by atoms with Crippen LogP contribution in [0, 0.1) is 4.77 Å². The first-order valence-electron chi connectivity index (χ1n) is 5.10. The Balaban J connectivity index is 2.05. The lowest BCUT2D eigenvalue weighted by molar-refractivity contribution is 0.803. The highest BCUT2D eigenvalue weighted by Gasteiger charge is 2.04. The fourth-order valence-corrected chi connectivity index (χ4v) is 2.14. The quantitative estimate of drug-likeness (QED) is 0.552. The van der Waals surface area contributed by atoms with Gasteiger partial charge < -0.3 is 14.5 Å². The molecule has 0 fully saturated rings. The normalized spacial score (nSPS) is 11.1. The van der Waals surface area contributed by atoms with Gasteiger partial charge >= 0.3 is 0 Å². The lowest BCUT2D eigenvalue weighted by Crippen LogP contribution is -1.99. The van der Waals surface area contributed by atoms with Crippen LogP contribution in [0.4, 0.5) is 0 Å². The molecule has 0 atom stereocenters. The van der Waals surface area contributed by atoms with Gasteiger partial charge in [0.2, 0.25) is 0 Å². The SMILES string of the molecule is S=c1[nH]cc(Cn2ccc3ccc(Cl)nc32)[nH]1. The average Bonchev–Trinajstić information content (AvgIpc) is 2.87. The van der Waals surface area contributed by atoms with Crippen molar-refractivity contribution in [3.8, 4) is 0 Å². The molecule has 3 heterocycles. The minimum atomic E-state index is 0.499. The van der Waals surface area contributed by atoms with Gasteiger partial charge in [-0.15, -0.1) is 0 Å². The number of hydrogen-bond acceptors (Lipinski definition) is 2. The zero-order valence-electron chi connectivity index (χ0n) is 8.77. The predicted molar refractivity (Wildman–Crippen MR) is 69.8 cm³/mol. The molecule has 0 aliphatic heterocycles. The molecule has 2 N–H and O–H groups in total. The van der Waals surface area contributed by atoms with Crippen LogP contribution >= 0.6 is 23.8 Å². The molecule has 3 aromatic heterocycles. The Morgan fingerprint density at radius 3 is 3.00 bits per heavy atom. The van der Waals surface area contributed by atoms with E-state index in [1.165, 1.54) is 0 Å². The summed E-state index contributed by atoms with van der Waals surface area (Å²) in [6, 6.07) is 5.76. The van der Waals surface area contributed by atoms with Crippen molar-refractivity contribution >= 4 is 34.9 Å². The summed E-state index contributed by atoms with van der Waals surface area (Å²) < 4.78 is 2.65. The Morgan fingerprint density at radius 1 is 1.35 bits per heavy atom. The van der Waals surface area contributed by atoms with Crippen LogP contribution in [-0.4, -0.2) is 19.5 Å². The van der Waals surface area contributed by atoms with E-state index in [1.807, 2.05) is 29.1 Å². The van der Waals surface area contributed by atoms with E-state index in [4.69, 9.17) is 23.8 Å². The molecule has 3 aromatic rings. The molecule has 0 unspecified atom stereocenters. The molecular weight excluding hydrogens is 256 g/mol. The van der Waals surface area contributed by atoms with Crippen molar-refractivity contribution in [3.63, 3.8) is 0 Å². The summed E-state index contributed by atoms with van der Waals surface area (Å²) in [6.45, 7) is 0.685. The van der Waals surface area contributed by atoms with Gasteiger partial charge in [0.25, 0.3) is 0 Å². The van der Waals surface area contributed by atoms with E-state index >= 15 is 0 Å². The zero-order chi connectivity index (χ0) is 11.8. The second kappa shape index (κ2) is 4.01. The standard InChI is InChI=1S/C11H9ClN4S/c12-9-2-1-7-3-4-16(10(7)15-9)6-8-5-13-11(17)14-8/h1-5H,6H2,(H2,13,14,17). The number of H-pyrrole nitrogens is 2. The van der Waals surface area contributed by atoms with E-state index in [2.05, 4.69) is 15.0 Å². The van der Waals surface area contributed by atoms with Gasteiger partial charge in [-0.25, -0.2) is 4.98 Å². The summed E-state index contributed by atoms with van der Waals surface area (Å²) in [4.78, 5) is 10.3. The second-order valence-corrected chi connectivity index (χ2v) is 4.55. The van der Waals surface area contributed by atoms with Gasteiger partial charge in [-0.2, -0.15) is 0 Å². The Kier molecular flexibility index (Phi) is 2.49. The van der Waals surface area contributed by atoms with Crippen LogP contribution in [-0.2, 0) is 6.54 Å². The molecule has 0 aliphatic carbocycles. The Morgan fingerprint density at radius 2 is 2.24 bits per heavy atom. The molecule has 0 amide bonds. The highest BCUT2D eigenvalue weighted by Crippen LogP contribution is 2.17. The number of pyridine rings is 1. The summed E-state index contributed by atoms with van der Waals surface area (Å²) in [7, 11) is 0. The molecule has 0 bridgehead atoms. The summed E-state index contributed by atoms with van der Waals surface area (Å²) in [6.07, 6.45) is 3.84. The van der Waals surface area contributed by atoms with Crippen molar-refractivity contribution in [2.75, 3.05) is 0 Å². The smallest absolute Gasteiger partial charge is 0.174 e. The zero-order valence-corrected chi connectivity index (χ0v) is 10.3. The number of rotatable bonds is 2. The third-order valence-corrected chi connectivity index (χ3v) is 3.00. The topological polar surface area (TPSA) is 49.4 Å². The number of aromatic amines is 2. The van der Waals surface area contributed by atoms with Gasteiger partial charge in [-0.3, -0.25) is 0 Å². The number of halogens is 1. The minimum absolute atomic E-state index is 0.499. The number of imidazole rings is 1. The molecule has 0 aromatic carbocycles. The maximum Gasteiger partial charge on any atom is 0.174 e. The maximum atomic E-state index is 5.90. The van der Waals surface area contributed by atoms with Gasteiger partial charge in [-0.1, -0.05) is 11.6 Å². The van der Waals surface area contributed by atoms with Crippen LogP contribution in [0.3, 0.4) is 0 Å². The second-order valence-electron chi connectivity index (χ2n) is 3.76. The van der Waals surface area contributed by atoms with Gasteiger partial charge in [0.15, 0.2) is 4.77 Å². The van der Waals surface area contributed by atoms with Gasteiger partial charge in [0, 0.05) is 17.8 Å². The fraction of sp³-hybridized carbons (Fsp3) is 0.0909. The molecule has 3 rings (SSSR count). The number of nitrogens with zero attached hydrogens (tertiary/aromatic N) is 2. The lowest BCUT2D eigenvalue weighted by atomic mass is 10.3. The monoisotopic (exact) mass is 264 g/mol. The molecule has 0 saturated heterocycles. The molecule has 0 radical (unpaired) electrons. The van der Waals surface area contributed by atoms with E-state index in [1.54, 1.807) is 6.07 Å². The van der Waals surface area contributed by atoms with Crippen LogP contribution < -0.4 is 0 Å². The van der Waals surface area contributed by atoms with Crippen molar-refractivity contribution in [2.24, 2.45) is 0 Å². The minimum Gasteiger partial charge on any atom is -0.337 e.